The second-order valence-corrected chi connectivity index (χ2v) is 7.33. The van der Waals surface area contributed by atoms with Crippen molar-refractivity contribution in [3.63, 3.8) is 0 Å². The first-order valence-corrected chi connectivity index (χ1v) is 10.3. The maximum atomic E-state index is 12.0. The van der Waals surface area contributed by atoms with Crippen LogP contribution in [0.1, 0.15) is 39.0 Å². The van der Waals surface area contributed by atoms with Gasteiger partial charge in [0.05, 0.1) is 24.4 Å². The van der Waals surface area contributed by atoms with Gasteiger partial charge in [-0.25, -0.2) is 4.79 Å². The highest BCUT2D eigenvalue weighted by Gasteiger charge is 2.15. The number of esters is 1. The summed E-state index contributed by atoms with van der Waals surface area (Å²) in [5.41, 5.74) is 0. The number of hydrogen-bond donors (Lipinski definition) is 4. The maximum absolute atomic E-state index is 12.0. The van der Waals surface area contributed by atoms with Crippen LogP contribution < -0.4 is 0 Å². The summed E-state index contributed by atoms with van der Waals surface area (Å²) in [7, 11) is 0. The van der Waals surface area contributed by atoms with Crippen LogP contribution >= 0.6 is 0 Å². The van der Waals surface area contributed by atoms with E-state index in [0.717, 1.165) is 0 Å². The molecule has 1 aliphatic rings. The van der Waals surface area contributed by atoms with E-state index >= 15 is 0 Å². The second-order valence-electron chi connectivity index (χ2n) is 7.33. The van der Waals surface area contributed by atoms with Gasteiger partial charge in [0, 0.05) is 25.3 Å². The molecule has 0 aromatic carbocycles. The fraction of sp³-hybridized carbons (Fsp3) is 0.458. The summed E-state index contributed by atoms with van der Waals surface area (Å²) in [5, 5.41) is 39.5. The van der Waals surface area contributed by atoms with Crippen LogP contribution in [-0.4, -0.2) is 56.9 Å². The molecule has 0 radical (unpaired) electrons. The van der Waals surface area contributed by atoms with Gasteiger partial charge < -0.3 is 25.2 Å². The van der Waals surface area contributed by atoms with Crippen LogP contribution in [0.25, 0.3) is 0 Å². The molecule has 6 nitrogen and oxygen atoms in total. The zero-order chi connectivity index (χ0) is 22.2. The van der Waals surface area contributed by atoms with E-state index in [2.05, 4.69) is 0 Å². The molecule has 4 N–H and O–H groups in total. The van der Waals surface area contributed by atoms with Gasteiger partial charge in [-0.3, -0.25) is 0 Å². The lowest BCUT2D eigenvalue weighted by Gasteiger charge is -2.16. The fourth-order valence-corrected chi connectivity index (χ4v) is 2.85. The predicted molar refractivity (Wildman–Crippen MR) is 118 cm³/mol. The molecule has 0 spiro atoms. The van der Waals surface area contributed by atoms with Crippen molar-refractivity contribution < 1.29 is 30.0 Å². The Morgan fingerprint density at radius 1 is 0.900 bits per heavy atom. The molecule has 30 heavy (non-hydrogen) atoms. The van der Waals surface area contributed by atoms with Crippen LogP contribution in [0.2, 0.25) is 0 Å². The average Bonchev–Trinajstić information content (AvgIpc) is 2.64. The molecule has 0 aliphatic carbocycles. The Bertz CT molecular complexity index is 657. The molecule has 0 bridgehead atoms. The smallest absolute Gasteiger partial charge is 0.331 e. The van der Waals surface area contributed by atoms with Crippen LogP contribution in [-0.2, 0) is 9.53 Å². The first-order valence-electron chi connectivity index (χ1n) is 10.3. The topological polar surface area (TPSA) is 107 Å². The van der Waals surface area contributed by atoms with E-state index in [-0.39, 0.29) is 12.8 Å². The van der Waals surface area contributed by atoms with E-state index in [1.807, 2.05) is 6.08 Å². The molecule has 0 saturated carbocycles. The van der Waals surface area contributed by atoms with Crippen LogP contribution in [0, 0.1) is 0 Å². The predicted octanol–water partition coefficient (Wildman–Crippen LogP) is 2.66. The Balaban J connectivity index is 2.82. The number of aliphatic hydroxyl groups excluding tert-OH is 4. The normalized spacial score (nSPS) is 34.9. The largest absolute Gasteiger partial charge is 0.459 e. The first kappa shape index (κ1) is 25.8. The monoisotopic (exact) mass is 418 g/mol. The number of hydrogen-bond acceptors (Lipinski definition) is 6. The number of cyclic esters (lactones) is 1. The molecule has 0 aromatic heterocycles. The van der Waals surface area contributed by atoms with Crippen molar-refractivity contribution in [2.45, 2.75) is 69.5 Å². The highest BCUT2D eigenvalue weighted by atomic mass is 16.5. The zero-order valence-electron chi connectivity index (χ0n) is 17.5. The highest BCUT2D eigenvalue weighted by Crippen LogP contribution is 2.11. The van der Waals surface area contributed by atoms with Crippen molar-refractivity contribution in [1.29, 1.82) is 0 Å². The Morgan fingerprint density at radius 3 is 2.23 bits per heavy atom. The molecule has 0 saturated heterocycles. The van der Waals surface area contributed by atoms with Crippen molar-refractivity contribution in [2.24, 2.45) is 0 Å². The van der Waals surface area contributed by atoms with Gasteiger partial charge in [-0.2, -0.15) is 0 Å². The van der Waals surface area contributed by atoms with Crippen molar-refractivity contribution in [2.75, 3.05) is 0 Å². The third kappa shape index (κ3) is 13.8. The number of allylic oxidation sites excluding steroid dienone is 8. The van der Waals surface area contributed by atoms with E-state index in [0.29, 0.717) is 19.3 Å². The molecule has 166 valence electrons. The van der Waals surface area contributed by atoms with Gasteiger partial charge in [-0.05, 0) is 19.8 Å². The summed E-state index contributed by atoms with van der Waals surface area (Å²) in [4.78, 5) is 12.0. The van der Waals surface area contributed by atoms with Crippen LogP contribution in [0.15, 0.2) is 72.9 Å². The van der Waals surface area contributed by atoms with Crippen molar-refractivity contribution in [1.82, 2.24) is 0 Å². The molecular formula is C24H34O6. The molecule has 5 atom stereocenters. The molecule has 1 heterocycles. The van der Waals surface area contributed by atoms with E-state index in [4.69, 9.17) is 4.74 Å². The summed E-state index contributed by atoms with van der Waals surface area (Å²) in [6.45, 7) is 1.65. The molecule has 0 amide bonds. The molecule has 1 aliphatic heterocycles. The standard InChI is InChI=1S/C24H34O6/c1-19(25)16-23-14-10-6-2-4-8-12-20(26)17-22(28)18-21(27)13-9-5-3-7-11-15-24(29)30-23/h2-12,15,19-23,25-28H,13-14,16-18H2,1H3/b4-2+,7-3+,9-5+,10-6+,12-8+,15-11+. The minimum absolute atomic E-state index is 0.151. The third-order valence-electron chi connectivity index (χ3n) is 4.26. The van der Waals surface area contributed by atoms with Gasteiger partial charge >= 0.3 is 5.97 Å². The molecule has 1 rings (SSSR count). The van der Waals surface area contributed by atoms with Gasteiger partial charge in [-0.1, -0.05) is 66.8 Å². The minimum atomic E-state index is -0.807. The van der Waals surface area contributed by atoms with E-state index in [1.165, 1.54) is 6.08 Å². The number of carbonyl (C=O) groups is 1. The first-order chi connectivity index (χ1) is 14.4. The number of aliphatic hydroxyl groups is 4. The lowest BCUT2D eigenvalue weighted by atomic mass is 10.0. The Morgan fingerprint density at radius 2 is 1.53 bits per heavy atom. The average molecular weight is 419 g/mol. The van der Waals surface area contributed by atoms with Gasteiger partial charge in [0.2, 0.25) is 0 Å². The van der Waals surface area contributed by atoms with Gasteiger partial charge in [-0.15, -0.1) is 0 Å². The Kier molecular flexibility index (Phi) is 13.4. The zero-order valence-corrected chi connectivity index (χ0v) is 17.5. The number of rotatable bonds is 2. The lowest BCUT2D eigenvalue weighted by Crippen LogP contribution is -2.21. The van der Waals surface area contributed by atoms with E-state index in [1.54, 1.807) is 67.7 Å². The van der Waals surface area contributed by atoms with Crippen LogP contribution in [0.5, 0.6) is 0 Å². The van der Waals surface area contributed by atoms with Gasteiger partial charge in [0.1, 0.15) is 6.10 Å². The van der Waals surface area contributed by atoms with Crippen LogP contribution in [0.3, 0.4) is 0 Å². The molecule has 0 fully saturated rings. The summed E-state index contributed by atoms with van der Waals surface area (Å²) < 4.78 is 5.40. The quantitative estimate of drug-likeness (QED) is 0.514. The molecule has 5 unspecified atom stereocenters. The second kappa shape index (κ2) is 15.6. The minimum Gasteiger partial charge on any atom is -0.459 e. The van der Waals surface area contributed by atoms with Gasteiger partial charge in [0.25, 0.3) is 0 Å². The fourth-order valence-electron chi connectivity index (χ4n) is 2.85. The maximum Gasteiger partial charge on any atom is 0.331 e. The summed E-state index contributed by atoms with van der Waals surface area (Å²) in [5.74, 6) is -0.485. The van der Waals surface area contributed by atoms with Crippen molar-refractivity contribution in [3.8, 4) is 0 Å². The lowest BCUT2D eigenvalue weighted by molar-refractivity contribution is -0.144. The van der Waals surface area contributed by atoms with E-state index in [9.17, 15) is 25.2 Å². The Hall–Kier alpha value is -2.25. The van der Waals surface area contributed by atoms with Gasteiger partial charge in [0.15, 0.2) is 0 Å². The molecule has 0 aromatic rings. The Labute approximate surface area is 178 Å². The van der Waals surface area contributed by atoms with Crippen molar-refractivity contribution >= 4 is 5.97 Å². The van der Waals surface area contributed by atoms with Crippen molar-refractivity contribution in [3.05, 3.63) is 72.9 Å². The SMILES string of the molecule is CC(O)CC1C/C=C/C=C/C=C/C(O)CC(O)CC(O)C/C=C/C=C/C=C/C(=O)O1. The van der Waals surface area contributed by atoms with E-state index < -0.39 is 36.5 Å². The highest BCUT2D eigenvalue weighted by molar-refractivity contribution is 5.82. The molecule has 6 heteroatoms. The summed E-state index contributed by atoms with van der Waals surface area (Å²) in [6, 6.07) is 0. The number of ether oxygens (including phenoxy) is 1. The number of carbonyl (C=O) groups excluding carboxylic acids is 1. The summed E-state index contributed by atoms with van der Waals surface area (Å²) in [6.07, 6.45) is 18.3. The third-order valence-corrected chi connectivity index (χ3v) is 4.26. The summed E-state index contributed by atoms with van der Waals surface area (Å²) >= 11 is 0. The molecular weight excluding hydrogens is 384 g/mol. The van der Waals surface area contributed by atoms with Crippen LogP contribution in [0.4, 0.5) is 0 Å².